The van der Waals surface area contributed by atoms with Gasteiger partial charge in [-0.3, -0.25) is 4.79 Å². The van der Waals surface area contributed by atoms with E-state index in [1.165, 1.54) is 13.4 Å². The maximum absolute atomic E-state index is 10.8. The van der Waals surface area contributed by atoms with E-state index in [0.29, 0.717) is 11.6 Å². The van der Waals surface area contributed by atoms with Crippen molar-refractivity contribution in [3.8, 4) is 0 Å². The highest BCUT2D eigenvalue weighted by atomic mass is 16.5. The molecule has 0 saturated carbocycles. The lowest BCUT2D eigenvalue weighted by atomic mass is 10.5. The van der Waals surface area contributed by atoms with Crippen LogP contribution in [0.1, 0.15) is 0 Å². The van der Waals surface area contributed by atoms with Crippen LogP contribution in [0.2, 0.25) is 0 Å². The molecule has 0 radical (unpaired) electrons. The van der Waals surface area contributed by atoms with E-state index in [0.717, 1.165) is 0 Å². The molecule has 0 atom stereocenters. The number of esters is 1. The summed E-state index contributed by atoms with van der Waals surface area (Å²) < 4.78 is 4.47. The van der Waals surface area contributed by atoms with Gasteiger partial charge in [0, 0.05) is 13.1 Å². The van der Waals surface area contributed by atoms with Gasteiger partial charge in [-0.1, -0.05) is 0 Å². The van der Waals surface area contributed by atoms with Crippen molar-refractivity contribution < 1.29 is 9.53 Å². The second kappa shape index (κ2) is 5.00. The number of rotatable bonds is 4. The van der Waals surface area contributed by atoms with Crippen LogP contribution >= 0.6 is 0 Å². The average molecular weight is 196 g/mol. The molecule has 1 rings (SSSR count). The number of nitrogens with zero attached hydrogens (tertiary/aromatic N) is 2. The highest BCUT2D eigenvalue weighted by Gasteiger charge is 2.01. The van der Waals surface area contributed by atoms with Crippen LogP contribution < -0.4 is 10.6 Å². The van der Waals surface area contributed by atoms with Gasteiger partial charge in [-0.05, 0) is 0 Å². The van der Waals surface area contributed by atoms with E-state index in [1.54, 1.807) is 13.1 Å². The number of carbonyl (C=O) groups excluding carboxylic acids is 1. The van der Waals surface area contributed by atoms with Crippen molar-refractivity contribution in [1.29, 1.82) is 0 Å². The Morgan fingerprint density at radius 3 is 2.86 bits per heavy atom. The summed E-state index contributed by atoms with van der Waals surface area (Å²) in [6, 6.07) is 1.70. The summed E-state index contributed by atoms with van der Waals surface area (Å²) in [4.78, 5) is 18.6. The zero-order valence-electron chi connectivity index (χ0n) is 8.07. The van der Waals surface area contributed by atoms with Gasteiger partial charge in [-0.25, -0.2) is 9.97 Å². The van der Waals surface area contributed by atoms with Gasteiger partial charge in [-0.2, -0.15) is 0 Å². The minimum absolute atomic E-state index is 0.0939. The zero-order chi connectivity index (χ0) is 10.4. The number of methoxy groups -OCH3 is 1. The molecule has 0 amide bonds. The van der Waals surface area contributed by atoms with Crippen LogP contribution in [0.25, 0.3) is 0 Å². The van der Waals surface area contributed by atoms with Gasteiger partial charge < -0.3 is 15.4 Å². The van der Waals surface area contributed by atoms with Crippen LogP contribution in [0.3, 0.4) is 0 Å². The normalized spacial score (nSPS) is 9.29. The molecular formula is C8H12N4O2. The minimum Gasteiger partial charge on any atom is -0.468 e. The zero-order valence-corrected chi connectivity index (χ0v) is 8.07. The Morgan fingerprint density at radius 1 is 1.50 bits per heavy atom. The van der Waals surface area contributed by atoms with E-state index in [2.05, 4.69) is 25.3 Å². The molecule has 76 valence electrons. The first kappa shape index (κ1) is 10.2. The molecule has 6 heteroatoms. The molecule has 6 nitrogen and oxygen atoms in total. The predicted octanol–water partition coefficient (Wildman–Crippen LogP) is 0.103. The van der Waals surface area contributed by atoms with Crippen molar-refractivity contribution in [1.82, 2.24) is 9.97 Å². The van der Waals surface area contributed by atoms with Gasteiger partial charge in [0.2, 0.25) is 0 Å². The van der Waals surface area contributed by atoms with Gasteiger partial charge >= 0.3 is 5.97 Å². The Morgan fingerprint density at radius 2 is 2.21 bits per heavy atom. The van der Waals surface area contributed by atoms with Gasteiger partial charge in [0.15, 0.2) is 0 Å². The summed E-state index contributed by atoms with van der Waals surface area (Å²) >= 11 is 0. The fourth-order valence-corrected chi connectivity index (χ4v) is 0.826. The van der Waals surface area contributed by atoms with E-state index < -0.39 is 0 Å². The maximum atomic E-state index is 10.8. The third-order valence-corrected chi connectivity index (χ3v) is 1.56. The van der Waals surface area contributed by atoms with Gasteiger partial charge in [-0.15, -0.1) is 0 Å². The standard InChI is InChI=1S/C8H12N4O2/c1-9-6-3-7(12-5-11-6)10-4-8(13)14-2/h3,5H,4H2,1-2H3,(H2,9,10,11,12). The first-order valence-corrected chi connectivity index (χ1v) is 4.06. The molecule has 0 unspecified atom stereocenters. The smallest absolute Gasteiger partial charge is 0.325 e. The minimum atomic E-state index is -0.338. The molecule has 0 aromatic carbocycles. The number of anilines is 2. The van der Waals surface area contributed by atoms with E-state index in [-0.39, 0.29) is 12.5 Å². The molecule has 1 aromatic heterocycles. The summed E-state index contributed by atoms with van der Waals surface area (Å²) in [5, 5.41) is 5.67. The Hall–Kier alpha value is -1.85. The van der Waals surface area contributed by atoms with Gasteiger partial charge in [0.05, 0.1) is 7.11 Å². The first-order valence-electron chi connectivity index (χ1n) is 4.06. The van der Waals surface area contributed by atoms with Crippen molar-refractivity contribution in [2.24, 2.45) is 0 Å². The molecule has 0 saturated heterocycles. The van der Waals surface area contributed by atoms with E-state index in [1.807, 2.05) is 0 Å². The average Bonchev–Trinajstić information content (AvgIpc) is 2.26. The largest absolute Gasteiger partial charge is 0.468 e. The summed E-state index contributed by atoms with van der Waals surface area (Å²) in [5.41, 5.74) is 0. The molecule has 1 aromatic rings. The Labute approximate surface area is 81.7 Å². The van der Waals surface area contributed by atoms with Crippen molar-refractivity contribution >= 4 is 17.6 Å². The summed E-state index contributed by atoms with van der Waals surface area (Å²) in [6.07, 6.45) is 1.41. The Bertz CT molecular complexity index is 316. The van der Waals surface area contributed by atoms with E-state index >= 15 is 0 Å². The van der Waals surface area contributed by atoms with E-state index in [4.69, 9.17) is 0 Å². The molecule has 0 aliphatic rings. The van der Waals surface area contributed by atoms with Crippen molar-refractivity contribution in [3.63, 3.8) is 0 Å². The van der Waals surface area contributed by atoms with Crippen LogP contribution in [0.15, 0.2) is 12.4 Å². The fraction of sp³-hybridized carbons (Fsp3) is 0.375. The summed E-state index contributed by atoms with van der Waals surface area (Å²) in [5.74, 6) is 0.928. The predicted molar refractivity (Wildman–Crippen MR) is 52.1 cm³/mol. The monoisotopic (exact) mass is 196 g/mol. The van der Waals surface area contributed by atoms with Crippen molar-refractivity contribution in [3.05, 3.63) is 12.4 Å². The second-order valence-corrected chi connectivity index (χ2v) is 2.47. The quantitative estimate of drug-likeness (QED) is 0.665. The summed E-state index contributed by atoms with van der Waals surface area (Å²) in [6.45, 7) is 0.0939. The lowest BCUT2D eigenvalue weighted by Gasteiger charge is -2.04. The fourth-order valence-electron chi connectivity index (χ4n) is 0.826. The molecule has 2 N–H and O–H groups in total. The number of carbonyl (C=O) groups is 1. The summed E-state index contributed by atoms with van der Waals surface area (Å²) in [7, 11) is 3.09. The highest BCUT2D eigenvalue weighted by molar-refractivity contribution is 5.74. The lowest BCUT2D eigenvalue weighted by molar-refractivity contribution is -0.138. The van der Waals surface area contributed by atoms with Crippen molar-refractivity contribution in [2.75, 3.05) is 31.3 Å². The first-order chi connectivity index (χ1) is 6.76. The number of aromatic nitrogens is 2. The molecule has 0 fully saturated rings. The molecule has 0 aliphatic carbocycles. The third-order valence-electron chi connectivity index (χ3n) is 1.56. The van der Waals surface area contributed by atoms with Crippen molar-refractivity contribution in [2.45, 2.75) is 0 Å². The number of hydrogen-bond donors (Lipinski definition) is 2. The SMILES string of the molecule is CNc1cc(NCC(=O)OC)ncn1. The third kappa shape index (κ3) is 2.89. The van der Waals surface area contributed by atoms with Gasteiger partial charge in [0.1, 0.15) is 24.5 Å². The van der Waals surface area contributed by atoms with Gasteiger partial charge in [0.25, 0.3) is 0 Å². The number of nitrogens with one attached hydrogen (secondary N) is 2. The maximum Gasteiger partial charge on any atom is 0.325 e. The Kier molecular flexibility index (Phi) is 3.66. The van der Waals surface area contributed by atoms with Crippen LogP contribution in [-0.2, 0) is 9.53 Å². The highest BCUT2D eigenvalue weighted by Crippen LogP contribution is 2.06. The molecular weight excluding hydrogens is 184 g/mol. The molecule has 0 spiro atoms. The molecule has 0 aliphatic heterocycles. The van der Waals surface area contributed by atoms with Crippen LogP contribution in [0.5, 0.6) is 0 Å². The Balaban J connectivity index is 2.54. The molecule has 14 heavy (non-hydrogen) atoms. The van der Waals surface area contributed by atoms with Crippen LogP contribution in [0, 0.1) is 0 Å². The number of ether oxygens (including phenoxy) is 1. The molecule has 1 heterocycles. The second-order valence-electron chi connectivity index (χ2n) is 2.47. The number of hydrogen-bond acceptors (Lipinski definition) is 6. The van der Waals surface area contributed by atoms with Crippen LogP contribution in [0.4, 0.5) is 11.6 Å². The molecule has 0 bridgehead atoms. The van der Waals surface area contributed by atoms with E-state index in [9.17, 15) is 4.79 Å². The topological polar surface area (TPSA) is 76.1 Å². The lowest BCUT2D eigenvalue weighted by Crippen LogP contribution is -2.15. The van der Waals surface area contributed by atoms with Crippen LogP contribution in [-0.4, -0.2) is 36.6 Å².